The van der Waals surface area contributed by atoms with Gasteiger partial charge in [0.2, 0.25) is 0 Å². The highest BCUT2D eigenvalue weighted by Crippen LogP contribution is 2.26. The molecule has 3 rings (SSSR count). The number of hydrogen-bond acceptors (Lipinski definition) is 3. The number of methoxy groups -OCH3 is 1. The second kappa shape index (κ2) is 7.19. The fraction of sp³-hybridized carbons (Fsp3) is 0.111. The average Bonchev–Trinajstić information content (AvgIpc) is 3.10. The van der Waals surface area contributed by atoms with E-state index in [0.29, 0.717) is 23.0 Å². The van der Waals surface area contributed by atoms with E-state index >= 15 is 0 Å². The third-order valence-corrected chi connectivity index (χ3v) is 3.89. The molecule has 1 aromatic heterocycles. The number of ether oxygens (including phenoxy) is 1. The van der Waals surface area contributed by atoms with E-state index in [1.807, 2.05) is 42.5 Å². The molecule has 0 aliphatic carbocycles. The molecule has 122 valence electrons. The van der Waals surface area contributed by atoms with Crippen LogP contribution in [-0.4, -0.2) is 23.2 Å². The second-order valence-electron chi connectivity index (χ2n) is 5.18. The number of H-pyrrole nitrogens is 1. The van der Waals surface area contributed by atoms with Crippen LogP contribution in [0.1, 0.15) is 16.1 Å². The van der Waals surface area contributed by atoms with Crippen LogP contribution in [0, 0.1) is 0 Å². The number of aromatic nitrogens is 2. The Labute approximate surface area is 144 Å². The van der Waals surface area contributed by atoms with Gasteiger partial charge in [0.05, 0.1) is 17.8 Å². The van der Waals surface area contributed by atoms with Gasteiger partial charge in [0.25, 0.3) is 5.91 Å². The monoisotopic (exact) mass is 341 g/mol. The molecule has 0 saturated carbocycles. The van der Waals surface area contributed by atoms with Gasteiger partial charge in [0, 0.05) is 12.1 Å². The molecule has 0 atom stereocenters. The van der Waals surface area contributed by atoms with Crippen LogP contribution in [0.3, 0.4) is 0 Å². The molecule has 24 heavy (non-hydrogen) atoms. The molecule has 0 unspecified atom stereocenters. The Morgan fingerprint density at radius 1 is 1.21 bits per heavy atom. The van der Waals surface area contributed by atoms with Crippen LogP contribution in [0.5, 0.6) is 5.75 Å². The van der Waals surface area contributed by atoms with Crippen LogP contribution in [0.15, 0.2) is 54.6 Å². The average molecular weight is 342 g/mol. The number of halogens is 1. The van der Waals surface area contributed by atoms with Crippen molar-refractivity contribution in [2.45, 2.75) is 6.54 Å². The van der Waals surface area contributed by atoms with Crippen LogP contribution in [0.25, 0.3) is 11.3 Å². The lowest BCUT2D eigenvalue weighted by Crippen LogP contribution is -2.23. The van der Waals surface area contributed by atoms with Gasteiger partial charge in [-0.05, 0) is 29.8 Å². The van der Waals surface area contributed by atoms with Crippen LogP contribution in [0.2, 0.25) is 5.02 Å². The summed E-state index contributed by atoms with van der Waals surface area (Å²) >= 11 is 6.15. The Balaban J connectivity index is 1.69. The minimum atomic E-state index is -0.233. The van der Waals surface area contributed by atoms with Gasteiger partial charge < -0.3 is 10.1 Å². The fourth-order valence-corrected chi connectivity index (χ4v) is 2.54. The lowest BCUT2D eigenvalue weighted by atomic mass is 10.1. The summed E-state index contributed by atoms with van der Waals surface area (Å²) in [5, 5.41) is 10.3. The normalized spacial score (nSPS) is 10.4. The maximum Gasteiger partial charge on any atom is 0.269 e. The molecule has 0 aliphatic rings. The molecular weight excluding hydrogens is 326 g/mol. The molecule has 2 N–H and O–H groups in total. The summed E-state index contributed by atoms with van der Waals surface area (Å²) in [5.74, 6) is 0.521. The molecule has 0 spiro atoms. The largest absolute Gasteiger partial charge is 0.497 e. The van der Waals surface area contributed by atoms with Gasteiger partial charge in [-0.3, -0.25) is 9.89 Å². The summed E-state index contributed by atoms with van der Waals surface area (Å²) < 4.78 is 5.17. The minimum absolute atomic E-state index is 0.233. The zero-order valence-corrected chi connectivity index (χ0v) is 13.8. The number of benzene rings is 2. The van der Waals surface area contributed by atoms with Gasteiger partial charge in [0.1, 0.15) is 11.4 Å². The van der Waals surface area contributed by atoms with Gasteiger partial charge in [-0.25, -0.2) is 0 Å². The first kappa shape index (κ1) is 16.1. The molecule has 1 amide bonds. The van der Waals surface area contributed by atoms with Crippen molar-refractivity contribution < 1.29 is 9.53 Å². The standard InChI is InChI=1S/C18H16ClN3O2/c1-24-13-6-4-5-12(9-13)11-20-18(23)17-10-16(21-22-17)14-7-2-3-8-15(14)19/h2-10H,11H2,1H3,(H,20,23)(H,21,22). The molecule has 0 saturated heterocycles. The number of carbonyl (C=O) groups excluding carboxylic acids is 1. The number of nitrogens with zero attached hydrogens (tertiary/aromatic N) is 1. The second-order valence-corrected chi connectivity index (χ2v) is 5.59. The topological polar surface area (TPSA) is 67.0 Å². The number of amides is 1. The predicted molar refractivity (Wildman–Crippen MR) is 93.2 cm³/mol. The molecule has 2 aromatic carbocycles. The molecule has 1 heterocycles. The van der Waals surface area contributed by atoms with E-state index in [0.717, 1.165) is 16.9 Å². The van der Waals surface area contributed by atoms with Crippen LogP contribution in [0.4, 0.5) is 0 Å². The summed E-state index contributed by atoms with van der Waals surface area (Å²) in [6.07, 6.45) is 0. The summed E-state index contributed by atoms with van der Waals surface area (Å²) in [4.78, 5) is 12.3. The Kier molecular flexibility index (Phi) is 4.82. The van der Waals surface area contributed by atoms with Gasteiger partial charge in [-0.1, -0.05) is 41.9 Å². The van der Waals surface area contributed by atoms with Gasteiger partial charge in [-0.2, -0.15) is 5.10 Å². The van der Waals surface area contributed by atoms with E-state index in [9.17, 15) is 4.79 Å². The van der Waals surface area contributed by atoms with E-state index in [2.05, 4.69) is 15.5 Å². The Morgan fingerprint density at radius 3 is 2.83 bits per heavy atom. The first-order valence-electron chi connectivity index (χ1n) is 7.39. The smallest absolute Gasteiger partial charge is 0.269 e. The Morgan fingerprint density at radius 2 is 2.04 bits per heavy atom. The van der Waals surface area contributed by atoms with E-state index in [1.54, 1.807) is 19.2 Å². The Bertz CT molecular complexity index is 861. The van der Waals surface area contributed by atoms with Crippen LogP contribution < -0.4 is 10.1 Å². The van der Waals surface area contributed by atoms with E-state index < -0.39 is 0 Å². The lowest BCUT2D eigenvalue weighted by Gasteiger charge is -2.05. The molecule has 0 aliphatic heterocycles. The molecular formula is C18H16ClN3O2. The zero-order valence-electron chi connectivity index (χ0n) is 13.0. The van der Waals surface area contributed by atoms with Crippen molar-refractivity contribution >= 4 is 17.5 Å². The number of rotatable bonds is 5. The highest BCUT2D eigenvalue weighted by atomic mass is 35.5. The summed E-state index contributed by atoms with van der Waals surface area (Å²) in [5.41, 5.74) is 2.75. The zero-order chi connectivity index (χ0) is 16.9. The van der Waals surface area contributed by atoms with Crippen molar-refractivity contribution in [2.75, 3.05) is 7.11 Å². The van der Waals surface area contributed by atoms with Crippen molar-refractivity contribution in [1.29, 1.82) is 0 Å². The summed E-state index contributed by atoms with van der Waals surface area (Å²) in [6.45, 7) is 0.399. The molecule has 3 aromatic rings. The third-order valence-electron chi connectivity index (χ3n) is 3.56. The van der Waals surface area contributed by atoms with Crippen molar-refractivity contribution in [1.82, 2.24) is 15.5 Å². The first-order chi connectivity index (χ1) is 11.7. The van der Waals surface area contributed by atoms with Crippen molar-refractivity contribution in [3.63, 3.8) is 0 Å². The van der Waals surface area contributed by atoms with Gasteiger partial charge in [-0.15, -0.1) is 0 Å². The predicted octanol–water partition coefficient (Wildman–Crippen LogP) is 3.67. The van der Waals surface area contributed by atoms with Crippen molar-refractivity contribution in [2.24, 2.45) is 0 Å². The Hall–Kier alpha value is -2.79. The number of hydrogen-bond donors (Lipinski definition) is 2. The maximum atomic E-state index is 12.3. The summed E-state index contributed by atoms with van der Waals surface area (Å²) in [6, 6.07) is 16.6. The van der Waals surface area contributed by atoms with Crippen molar-refractivity contribution in [3.8, 4) is 17.0 Å². The van der Waals surface area contributed by atoms with Gasteiger partial charge >= 0.3 is 0 Å². The van der Waals surface area contributed by atoms with E-state index in [4.69, 9.17) is 16.3 Å². The minimum Gasteiger partial charge on any atom is -0.497 e. The first-order valence-corrected chi connectivity index (χ1v) is 7.76. The quantitative estimate of drug-likeness (QED) is 0.744. The highest BCUT2D eigenvalue weighted by Gasteiger charge is 2.12. The van der Waals surface area contributed by atoms with Crippen molar-refractivity contribution in [3.05, 3.63) is 70.9 Å². The highest BCUT2D eigenvalue weighted by molar-refractivity contribution is 6.33. The number of nitrogens with one attached hydrogen (secondary N) is 2. The molecule has 0 radical (unpaired) electrons. The third kappa shape index (κ3) is 3.58. The number of aromatic amines is 1. The number of carbonyl (C=O) groups is 1. The maximum absolute atomic E-state index is 12.3. The van der Waals surface area contributed by atoms with E-state index in [-0.39, 0.29) is 5.91 Å². The molecule has 0 fully saturated rings. The molecule has 0 bridgehead atoms. The SMILES string of the molecule is COc1cccc(CNC(=O)c2cc(-c3ccccc3Cl)n[nH]2)c1. The van der Waals surface area contributed by atoms with Crippen LogP contribution in [-0.2, 0) is 6.54 Å². The molecule has 6 heteroatoms. The molecule has 5 nitrogen and oxygen atoms in total. The summed E-state index contributed by atoms with van der Waals surface area (Å²) in [7, 11) is 1.61. The lowest BCUT2D eigenvalue weighted by molar-refractivity contribution is 0.0946. The van der Waals surface area contributed by atoms with Crippen LogP contribution >= 0.6 is 11.6 Å². The fourth-order valence-electron chi connectivity index (χ4n) is 2.30. The van der Waals surface area contributed by atoms with E-state index in [1.165, 1.54) is 0 Å². The van der Waals surface area contributed by atoms with Gasteiger partial charge in [0.15, 0.2) is 0 Å².